The number of aryl methyl sites for hydroxylation is 1. The number of furan rings is 1. The number of fused-ring (bicyclic) bond motifs is 12. The Morgan fingerprint density at radius 3 is 2.13 bits per heavy atom. The number of hydrogen-bond acceptors (Lipinski definition) is 3. The molecular weight excluding hydrogens is 667 g/mol. The second-order valence-electron chi connectivity index (χ2n) is 20.8. The van der Waals surface area contributed by atoms with Crippen LogP contribution < -0.4 is 20.6 Å². The smallest absolute Gasteiger partial charge is 0.333 e. The van der Waals surface area contributed by atoms with Crippen molar-refractivity contribution in [1.82, 2.24) is 0 Å². The summed E-state index contributed by atoms with van der Waals surface area (Å²) < 4.78 is 7.26. The van der Waals surface area contributed by atoms with Crippen LogP contribution in [-0.4, -0.2) is 12.4 Å². The normalized spacial score (nSPS) is 24.1. The van der Waals surface area contributed by atoms with Crippen molar-refractivity contribution >= 4 is 62.5 Å². The second-order valence-corrected chi connectivity index (χ2v) is 20.8. The predicted molar refractivity (Wildman–Crippen MR) is 234 cm³/mol. The van der Waals surface area contributed by atoms with Crippen molar-refractivity contribution in [3.8, 4) is 11.1 Å². The van der Waals surface area contributed by atoms with Crippen LogP contribution in [0.1, 0.15) is 129 Å². The summed E-state index contributed by atoms with van der Waals surface area (Å²) >= 11 is 0. The topological polar surface area (TPSA) is 19.6 Å². The molecule has 2 unspecified atom stereocenters. The highest BCUT2D eigenvalue weighted by Gasteiger charge is 2.62. The van der Waals surface area contributed by atoms with E-state index in [9.17, 15) is 0 Å². The summed E-state index contributed by atoms with van der Waals surface area (Å²) in [6.07, 6.45) is 7.35. The molecule has 2 atom stereocenters. The summed E-state index contributed by atoms with van der Waals surface area (Å²) in [6.45, 7) is 24.4. The van der Waals surface area contributed by atoms with Crippen LogP contribution in [0.4, 0.5) is 22.7 Å². The quantitative estimate of drug-likeness (QED) is 0.158. The molecule has 2 aliphatic carbocycles. The molecule has 0 spiro atoms. The van der Waals surface area contributed by atoms with Crippen molar-refractivity contribution in [3.05, 3.63) is 107 Å². The number of anilines is 4. The van der Waals surface area contributed by atoms with E-state index in [-0.39, 0.29) is 34.0 Å². The Kier molecular flexibility index (Phi) is 6.46. The Balaban J connectivity index is 1.28. The lowest BCUT2D eigenvalue weighted by molar-refractivity contribution is 0.195. The number of rotatable bonds is 1. The molecule has 3 aliphatic heterocycles. The highest BCUT2D eigenvalue weighted by Crippen LogP contribution is 2.63. The number of nitrogens with zero attached hydrogens (tertiary/aromatic N) is 2. The van der Waals surface area contributed by atoms with Gasteiger partial charge in [-0.25, -0.2) is 0 Å². The molecule has 11 rings (SSSR count). The minimum Gasteiger partial charge on any atom is -0.455 e. The van der Waals surface area contributed by atoms with E-state index >= 15 is 0 Å². The van der Waals surface area contributed by atoms with Crippen LogP contribution in [0.3, 0.4) is 0 Å². The van der Waals surface area contributed by atoms with Gasteiger partial charge in [-0.15, -0.1) is 0 Å². The zero-order valence-electron chi connectivity index (χ0n) is 34.6. The molecule has 4 heteroatoms. The van der Waals surface area contributed by atoms with Crippen LogP contribution in [0.15, 0.2) is 83.3 Å². The molecule has 1 saturated carbocycles. The molecule has 1 fully saturated rings. The van der Waals surface area contributed by atoms with Crippen molar-refractivity contribution in [3.63, 3.8) is 0 Å². The van der Waals surface area contributed by atoms with Crippen molar-refractivity contribution < 1.29 is 4.42 Å². The summed E-state index contributed by atoms with van der Waals surface area (Å²) in [7, 11) is 0. The summed E-state index contributed by atoms with van der Waals surface area (Å²) in [5.74, 6) is 0. The number of para-hydroxylation sites is 1. The molecule has 4 heterocycles. The van der Waals surface area contributed by atoms with E-state index in [0.717, 1.165) is 11.2 Å². The molecule has 55 heavy (non-hydrogen) atoms. The van der Waals surface area contributed by atoms with Gasteiger partial charge < -0.3 is 14.1 Å². The Labute approximate surface area is 328 Å². The SMILES string of the molecule is Cc1cc2c3c(c1)N1c4c(cc(C(C)(C)C)cc4C4(C)CCCCC14C)B3N(c1ccccc1)c1ccc3c(oc4cc5c(cc43)C(C)(C)CCC5(C)C)c1-2. The van der Waals surface area contributed by atoms with Crippen LogP contribution >= 0.6 is 0 Å². The minimum atomic E-state index is -0.0206. The first-order valence-corrected chi connectivity index (χ1v) is 21.1. The molecule has 0 bridgehead atoms. The van der Waals surface area contributed by atoms with Crippen molar-refractivity contribution in [2.45, 2.75) is 135 Å². The van der Waals surface area contributed by atoms with Crippen LogP contribution in [0.25, 0.3) is 33.1 Å². The van der Waals surface area contributed by atoms with Gasteiger partial charge in [0.05, 0.1) is 5.54 Å². The third-order valence-corrected chi connectivity index (χ3v) is 15.6. The third kappa shape index (κ3) is 4.19. The molecular formula is C51H55BN2O. The van der Waals surface area contributed by atoms with Gasteiger partial charge in [0.1, 0.15) is 11.2 Å². The molecule has 0 saturated heterocycles. The molecule has 1 aromatic heterocycles. The lowest BCUT2D eigenvalue weighted by Gasteiger charge is -2.53. The zero-order chi connectivity index (χ0) is 38.2. The van der Waals surface area contributed by atoms with E-state index in [1.54, 1.807) is 5.56 Å². The van der Waals surface area contributed by atoms with Gasteiger partial charge in [-0.1, -0.05) is 105 Å². The number of benzene rings is 5. The lowest BCUT2D eigenvalue weighted by Crippen LogP contribution is -2.64. The van der Waals surface area contributed by atoms with Gasteiger partial charge >= 0.3 is 6.85 Å². The lowest BCUT2D eigenvalue weighted by atomic mass is 9.43. The van der Waals surface area contributed by atoms with E-state index in [2.05, 4.69) is 158 Å². The second kappa shape index (κ2) is 10.5. The van der Waals surface area contributed by atoms with Crippen LogP contribution in [-0.2, 0) is 21.7 Å². The highest BCUT2D eigenvalue weighted by atomic mass is 16.3. The summed E-state index contributed by atoms with van der Waals surface area (Å²) in [6, 6.07) is 31.1. The standard InChI is InChI=1S/C51H55BN2O/c1-30-24-35-43-40(19-18-33-34-28-36-37(29-42(34)55-46(33)43)49(7,8)23-22-48(36,5)6)54(32-16-12-11-13-17-32)52-39-27-31(47(2,3)4)26-38-45(39)53(41(25-30)44(35)52)51(10)21-15-14-20-50(38,51)9/h11-13,16-19,24-29H,14-15,20-23H2,1-10H3. The van der Waals surface area contributed by atoms with E-state index in [0.29, 0.717) is 0 Å². The van der Waals surface area contributed by atoms with Gasteiger partial charge in [-0.05, 0) is 143 Å². The maximum Gasteiger partial charge on any atom is 0.333 e. The summed E-state index contributed by atoms with van der Waals surface area (Å²) in [5.41, 5.74) is 20.3. The molecule has 0 radical (unpaired) electrons. The third-order valence-electron chi connectivity index (χ3n) is 15.6. The predicted octanol–water partition coefficient (Wildman–Crippen LogP) is 12.5. The van der Waals surface area contributed by atoms with Crippen LogP contribution in [0.2, 0.25) is 0 Å². The molecule has 5 aliphatic rings. The fraction of sp³-hybridized carbons (Fsp3) is 0.412. The fourth-order valence-corrected chi connectivity index (χ4v) is 12.1. The molecule has 0 amide bonds. The van der Waals surface area contributed by atoms with Crippen molar-refractivity contribution in [1.29, 1.82) is 0 Å². The van der Waals surface area contributed by atoms with Crippen LogP contribution in [0, 0.1) is 6.92 Å². The molecule has 278 valence electrons. The Hall–Kier alpha value is -4.44. The minimum absolute atomic E-state index is 0.0175. The molecule has 6 aromatic rings. The largest absolute Gasteiger partial charge is 0.455 e. The first-order valence-electron chi connectivity index (χ1n) is 21.1. The molecule has 3 nitrogen and oxygen atoms in total. The van der Waals surface area contributed by atoms with E-state index in [1.165, 1.54) is 116 Å². The van der Waals surface area contributed by atoms with Gasteiger partial charge in [-0.3, -0.25) is 0 Å². The summed E-state index contributed by atoms with van der Waals surface area (Å²) in [5, 5.41) is 2.46. The van der Waals surface area contributed by atoms with E-state index in [4.69, 9.17) is 4.42 Å². The highest BCUT2D eigenvalue weighted by molar-refractivity contribution is 6.93. The molecule has 0 N–H and O–H groups in total. The van der Waals surface area contributed by atoms with Gasteiger partial charge in [0.15, 0.2) is 0 Å². The zero-order valence-corrected chi connectivity index (χ0v) is 34.6. The maximum atomic E-state index is 7.26. The van der Waals surface area contributed by atoms with Gasteiger partial charge in [0, 0.05) is 44.5 Å². The van der Waals surface area contributed by atoms with Crippen LogP contribution in [0.5, 0.6) is 0 Å². The molecule has 5 aromatic carbocycles. The first-order chi connectivity index (χ1) is 26.0. The first kappa shape index (κ1) is 33.9. The van der Waals surface area contributed by atoms with Gasteiger partial charge in [0.25, 0.3) is 0 Å². The van der Waals surface area contributed by atoms with Crippen molar-refractivity contribution in [2.75, 3.05) is 9.71 Å². The Morgan fingerprint density at radius 1 is 0.691 bits per heavy atom. The van der Waals surface area contributed by atoms with Gasteiger partial charge in [0.2, 0.25) is 0 Å². The van der Waals surface area contributed by atoms with Gasteiger partial charge in [-0.2, -0.15) is 0 Å². The average molecular weight is 723 g/mol. The van der Waals surface area contributed by atoms with E-state index < -0.39 is 0 Å². The maximum absolute atomic E-state index is 7.26. The Morgan fingerprint density at radius 2 is 1.40 bits per heavy atom. The summed E-state index contributed by atoms with van der Waals surface area (Å²) in [4.78, 5) is 5.53. The van der Waals surface area contributed by atoms with E-state index in [1.807, 2.05) is 0 Å². The fourth-order valence-electron chi connectivity index (χ4n) is 12.1. The monoisotopic (exact) mass is 722 g/mol. The number of hydrogen-bond donors (Lipinski definition) is 0. The van der Waals surface area contributed by atoms with Crippen molar-refractivity contribution in [2.24, 2.45) is 0 Å². The Bertz CT molecular complexity index is 2660. The average Bonchev–Trinajstić information content (AvgIpc) is 3.61.